The second-order valence-corrected chi connectivity index (χ2v) is 5.73. The van der Waals surface area contributed by atoms with Crippen LogP contribution in [0, 0.1) is 11.8 Å². The first kappa shape index (κ1) is 15.2. The molecule has 102 valence electrons. The van der Waals surface area contributed by atoms with E-state index >= 15 is 0 Å². The summed E-state index contributed by atoms with van der Waals surface area (Å²) in [5, 5.41) is 0. The Morgan fingerprint density at radius 1 is 0.944 bits per heavy atom. The summed E-state index contributed by atoms with van der Waals surface area (Å²) in [5.41, 5.74) is 0. The number of Topliss-reactive ketones (excluding diaryl/α,β-unsaturated/α-hetero) is 1. The maximum Gasteiger partial charge on any atom is 0.133 e. The van der Waals surface area contributed by atoms with Gasteiger partial charge in [-0.1, -0.05) is 44.6 Å². The molecule has 1 nitrogen and oxygen atoms in total. The van der Waals surface area contributed by atoms with Gasteiger partial charge in [0.2, 0.25) is 0 Å². The molecule has 0 aromatic heterocycles. The zero-order chi connectivity index (χ0) is 13.2. The summed E-state index contributed by atoms with van der Waals surface area (Å²) in [6.45, 7) is 4.36. The van der Waals surface area contributed by atoms with Crippen molar-refractivity contribution >= 4 is 5.78 Å². The molecule has 2 atom stereocenters. The highest BCUT2D eigenvalue weighted by Gasteiger charge is 2.08. The summed E-state index contributed by atoms with van der Waals surface area (Å²) in [6, 6.07) is 0. The zero-order valence-corrected chi connectivity index (χ0v) is 12.0. The number of carbonyl (C=O) groups is 1. The van der Waals surface area contributed by atoms with E-state index in [0.29, 0.717) is 24.0 Å². The molecule has 0 aromatic rings. The van der Waals surface area contributed by atoms with Crippen LogP contribution in [0.25, 0.3) is 0 Å². The standard InChI is InChI=1S/C17H28O/c1-15-10-8-6-4-3-5-7-9-11-16(2)14-17(18)13-12-15/h8-11,15-16H,3-7,12-14H2,1-2H3/b10-8+,11-9+. The molecule has 0 saturated heterocycles. The third-order valence-electron chi connectivity index (χ3n) is 3.60. The molecule has 18 heavy (non-hydrogen) atoms. The van der Waals surface area contributed by atoms with Gasteiger partial charge in [-0.05, 0) is 43.9 Å². The van der Waals surface area contributed by atoms with E-state index < -0.39 is 0 Å². The molecule has 1 rings (SSSR count). The van der Waals surface area contributed by atoms with E-state index in [0.717, 1.165) is 12.8 Å². The largest absolute Gasteiger partial charge is 0.300 e. The van der Waals surface area contributed by atoms with Crippen LogP contribution in [-0.4, -0.2) is 5.78 Å². The van der Waals surface area contributed by atoms with Crippen LogP contribution in [0.4, 0.5) is 0 Å². The second-order valence-electron chi connectivity index (χ2n) is 5.73. The number of allylic oxidation sites excluding steroid dienone is 4. The molecule has 0 aliphatic heterocycles. The maximum atomic E-state index is 11.8. The van der Waals surface area contributed by atoms with Crippen molar-refractivity contribution in [2.75, 3.05) is 0 Å². The molecule has 0 N–H and O–H groups in total. The number of hydrogen-bond donors (Lipinski definition) is 0. The molecule has 0 amide bonds. The minimum atomic E-state index is 0.411. The molecule has 0 radical (unpaired) electrons. The molecule has 1 aliphatic rings. The summed E-state index contributed by atoms with van der Waals surface area (Å²) < 4.78 is 0. The fourth-order valence-electron chi connectivity index (χ4n) is 2.37. The van der Waals surface area contributed by atoms with Gasteiger partial charge >= 0.3 is 0 Å². The summed E-state index contributed by atoms with van der Waals surface area (Å²) in [4.78, 5) is 11.8. The molecular formula is C17H28O. The van der Waals surface area contributed by atoms with E-state index in [2.05, 4.69) is 38.2 Å². The van der Waals surface area contributed by atoms with Crippen molar-refractivity contribution < 1.29 is 4.79 Å². The van der Waals surface area contributed by atoms with E-state index in [1.54, 1.807) is 0 Å². The van der Waals surface area contributed by atoms with Crippen LogP contribution in [0.2, 0.25) is 0 Å². The van der Waals surface area contributed by atoms with Gasteiger partial charge in [-0.15, -0.1) is 0 Å². The van der Waals surface area contributed by atoms with Crippen LogP contribution in [0.5, 0.6) is 0 Å². The predicted octanol–water partition coefficient (Wildman–Crippen LogP) is 5.07. The van der Waals surface area contributed by atoms with Crippen LogP contribution in [0.3, 0.4) is 0 Å². The molecule has 1 aliphatic carbocycles. The van der Waals surface area contributed by atoms with Crippen LogP contribution in [0.1, 0.15) is 65.2 Å². The highest BCUT2D eigenvalue weighted by atomic mass is 16.1. The van der Waals surface area contributed by atoms with Crippen LogP contribution in [0.15, 0.2) is 24.3 Å². The first-order valence-electron chi connectivity index (χ1n) is 7.53. The number of carbonyl (C=O) groups excluding carboxylic acids is 1. The van der Waals surface area contributed by atoms with Gasteiger partial charge in [-0.25, -0.2) is 0 Å². The fourth-order valence-corrected chi connectivity index (χ4v) is 2.37. The second kappa shape index (κ2) is 9.13. The predicted molar refractivity (Wildman–Crippen MR) is 78.6 cm³/mol. The Hall–Kier alpha value is -0.850. The quantitative estimate of drug-likeness (QED) is 0.547. The van der Waals surface area contributed by atoms with Crippen LogP contribution < -0.4 is 0 Å². The van der Waals surface area contributed by atoms with Crippen molar-refractivity contribution in [2.24, 2.45) is 11.8 Å². The number of hydrogen-bond acceptors (Lipinski definition) is 1. The summed E-state index contributed by atoms with van der Waals surface area (Å²) in [6.07, 6.45) is 17.8. The highest BCUT2D eigenvalue weighted by molar-refractivity contribution is 5.78. The van der Waals surface area contributed by atoms with Crippen molar-refractivity contribution in [3.8, 4) is 0 Å². The summed E-state index contributed by atoms with van der Waals surface area (Å²) >= 11 is 0. The van der Waals surface area contributed by atoms with Crippen molar-refractivity contribution in [1.29, 1.82) is 0 Å². The SMILES string of the molecule is CC1/C=C/CCCCC/C=C/C(C)CC(=O)CC1. The zero-order valence-electron chi connectivity index (χ0n) is 12.0. The monoisotopic (exact) mass is 248 g/mol. The van der Waals surface area contributed by atoms with Gasteiger partial charge in [0.15, 0.2) is 0 Å². The van der Waals surface area contributed by atoms with Gasteiger partial charge in [0.1, 0.15) is 5.78 Å². The van der Waals surface area contributed by atoms with Crippen LogP contribution >= 0.6 is 0 Å². The summed E-state index contributed by atoms with van der Waals surface area (Å²) in [7, 11) is 0. The Kier molecular flexibility index (Phi) is 7.71. The number of rotatable bonds is 0. The van der Waals surface area contributed by atoms with Crippen LogP contribution in [-0.2, 0) is 4.79 Å². The lowest BCUT2D eigenvalue weighted by atomic mass is 9.97. The van der Waals surface area contributed by atoms with Crippen molar-refractivity contribution in [1.82, 2.24) is 0 Å². The molecule has 2 unspecified atom stereocenters. The average Bonchev–Trinajstić information content (AvgIpc) is 2.33. The number of ketones is 1. The molecule has 0 heterocycles. The van der Waals surface area contributed by atoms with E-state index in [1.807, 2.05) is 0 Å². The summed E-state index contributed by atoms with van der Waals surface area (Å²) in [5.74, 6) is 1.38. The molecule has 0 saturated carbocycles. The van der Waals surface area contributed by atoms with Crippen molar-refractivity contribution in [2.45, 2.75) is 65.2 Å². The fraction of sp³-hybridized carbons (Fsp3) is 0.706. The topological polar surface area (TPSA) is 17.1 Å². The van der Waals surface area contributed by atoms with Gasteiger partial charge in [0, 0.05) is 12.8 Å². The molecule has 0 bridgehead atoms. The molecular weight excluding hydrogens is 220 g/mol. The molecule has 0 fully saturated rings. The van der Waals surface area contributed by atoms with E-state index in [-0.39, 0.29) is 0 Å². The minimum Gasteiger partial charge on any atom is -0.300 e. The first-order chi connectivity index (χ1) is 8.68. The Morgan fingerprint density at radius 2 is 1.56 bits per heavy atom. The van der Waals surface area contributed by atoms with E-state index in [4.69, 9.17) is 0 Å². The Balaban J connectivity index is 2.47. The Labute approximate surface area is 112 Å². The van der Waals surface area contributed by atoms with Gasteiger partial charge in [-0.3, -0.25) is 4.79 Å². The van der Waals surface area contributed by atoms with Gasteiger partial charge in [-0.2, -0.15) is 0 Å². The normalized spacial score (nSPS) is 32.2. The first-order valence-corrected chi connectivity index (χ1v) is 7.53. The van der Waals surface area contributed by atoms with Crippen molar-refractivity contribution in [3.63, 3.8) is 0 Å². The van der Waals surface area contributed by atoms with E-state index in [1.165, 1.54) is 32.1 Å². The van der Waals surface area contributed by atoms with Crippen molar-refractivity contribution in [3.05, 3.63) is 24.3 Å². The molecule has 0 aromatic carbocycles. The van der Waals surface area contributed by atoms with Gasteiger partial charge in [0.25, 0.3) is 0 Å². The Morgan fingerprint density at radius 3 is 2.22 bits per heavy atom. The maximum absolute atomic E-state index is 11.8. The lowest BCUT2D eigenvalue weighted by Crippen LogP contribution is -2.05. The lowest BCUT2D eigenvalue weighted by Gasteiger charge is -2.07. The van der Waals surface area contributed by atoms with Gasteiger partial charge in [0.05, 0.1) is 0 Å². The third-order valence-corrected chi connectivity index (χ3v) is 3.60. The molecule has 1 heteroatoms. The third kappa shape index (κ3) is 7.47. The van der Waals surface area contributed by atoms with Gasteiger partial charge < -0.3 is 0 Å². The van der Waals surface area contributed by atoms with E-state index in [9.17, 15) is 4.79 Å². The highest BCUT2D eigenvalue weighted by Crippen LogP contribution is 2.15. The Bertz CT molecular complexity index is 288. The lowest BCUT2D eigenvalue weighted by molar-refractivity contribution is -0.119. The smallest absolute Gasteiger partial charge is 0.133 e. The minimum absolute atomic E-state index is 0.411. The average molecular weight is 248 g/mol. The molecule has 0 spiro atoms.